The standard InChI is InChI=1S/C24H40N8O9/c1-11(2)8-14(30-23(39)15(9-18(26)34)31-20(36)12-4-3-7-28-12)22(38)29-13(5-6-17(25)33)21(37)32-16(24(40)41)10-19(27)35/h11-16,28H,3-10H2,1-2H3,(H2,25,33)(H2,26,34)(H2,27,35)(H,29,38)(H,30,39)(H,31,36)(H,32,37)(H,40,41)/t12-,13-,14-,15-,16-/m0/s1. The first-order valence-electron chi connectivity index (χ1n) is 13.1. The molecule has 230 valence electrons. The molecule has 1 aliphatic heterocycles. The molecule has 1 aliphatic rings. The van der Waals surface area contributed by atoms with Gasteiger partial charge in [-0.2, -0.15) is 0 Å². The number of rotatable bonds is 18. The Bertz CT molecular complexity index is 1010. The van der Waals surface area contributed by atoms with E-state index >= 15 is 0 Å². The maximum absolute atomic E-state index is 13.2. The molecule has 1 saturated heterocycles. The molecule has 17 nitrogen and oxygen atoms in total. The van der Waals surface area contributed by atoms with Gasteiger partial charge in [0, 0.05) is 6.42 Å². The predicted molar refractivity (Wildman–Crippen MR) is 142 cm³/mol. The highest BCUT2D eigenvalue weighted by atomic mass is 16.4. The largest absolute Gasteiger partial charge is 0.480 e. The van der Waals surface area contributed by atoms with Crippen LogP contribution < -0.4 is 43.8 Å². The third-order valence-electron chi connectivity index (χ3n) is 6.09. The molecule has 0 bridgehead atoms. The molecule has 0 unspecified atom stereocenters. The van der Waals surface area contributed by atoms with Crippen LogP contribution >= 0.6 is 0 Å². The van der Waals surface area contributed by atoms with Crippen molar-refractivity contribution < 1.29 is 43.5 Å². The Labute approximate surface area is 236 Å². The van der Waals surface area contributed by atoms with Crippen LogP contribution in [0.3, 0.4) is 0 Å². The van der Waals surface area contributed by atoms with Gasteiger partial charge < -0.3 is 48.9 Å². The Morgan fingerprint density at radius 3 is 1.76 bits per heavy atom. The number of aliphatic carboxylic acids is 1. The molecule has 1 heterocycles. The highest BCUT2D eigenvalue weighted by Crippen LogP contribution is 2.10. The second kappa shape index (κ2) is 16.7. The second-order valence-electron chi connectivity index (χ2n) is 10.2. The van der Waals surface area contributed by atoms with Gasteiger partial charge in [-0.3, -0.25) is 33.6 Å². The number of primary amides is 3. The summed E-state index contributed by atoms with van der Waals surface area (Å²) in [4.78, 5) is 97.3. The van der Waals surface area contributed by atoms with Crippen LogP contribution in [0.15, 0.2) is 0 Å². The Hall–Kier alpha value is -4.28. The summed E-state index contributed by atoms with van der Waals surface area (Å²) in [6, 6.07) is -6.40. The zero-order valence-corrected chi connectivity index (χ0v) is 23.1. The summed E-state index contributed by atoms with van der Waals surface area (Å²) in [5.74, 6) is -7.70. The molecule has 5 atom stereocenters. The van der Waals surface area contributed by atoms with Crippen molar-refractivity contribution in [2.75, 3.05) is 6.54 Å². The van der Waals surface area contributed by atoms with E-state index in [1.54, 1.807) is 13.8 Å². The minimum Gasteiger partial charge on any atom is -0.480 e. The lowest BCUT2D eigenvalue weighted by Crippen LogP contribution is -2.59. The van der Waals surface area contributed by atoms with Gasteiger partial charge in [0.15, 0.2) is 0 Å². The number of carbonyl (C=O) groups is 8. The summed E-state index contributed by atoms with van der Waals surface area (Å²) in [6.07, 6.45) is -0.619. The van der Waals surface area contributed by atoms with Crippen LogP contribution in [-0.4, -0.2) is 89.2 Å². The predicted octanol–water partition coefficient (Wildman–Crippen LogP) is -4.18. The number of hydrogen-bond donors (Lipinski definition) is 9. The number of nitrogens with one attached hydrogen (secondary N) is 5. The lowest BCUT2D eigenvalue weighted by molar-refractivity contribution is -0.144. The van der Waals surface area contributed by atoms with E-state index in [4.69, 9.17) is 17.2 Å². The van der Waals surface area contributed by atoms with Crippen LogP contribution in [0, 0.1) is 5.92 Å². The Morgan fingerprint density at radius 2 is 1.27 bits per heavy atom. The van der Waals surface area contributed by atoms with Crippen molar-refractivity contribution in [3.63, 3.8) is 0 Å². The van der Waals surface area contributed by atoms with Crippen LogP contribution in [-0.2, 0) is 38.4 Å². The van der Waals surface area contributed by atoms with Gasteiger partial charge in [-0.25, -0.2) is 4.79 Å². The molecule has 0 aromatic rings. The molecule has 0 aromatic carbocycles. The third-order valence-corrected chi connectivity index (χ3v) is 6.09. The summed E-state index contributed by atoms with van der Waals surface area (Å²) < 4.78 is 0. The first-order chi connectivity index (χ1) is 19.1. The molecule has 0 aliphatic carbocycles. The SMILES string of the molecule is CC(C)C[C@H](NC(=O)[C@H](CC(N)=O)NC(=O)[C@@H]1CCCN1)C(=O)N[C@@H](CCC(N)=O)C(=O)N[C@@H](CC(N)=O)C(=O)O. The lowest BCUT2D eigenvalue weighted by atomic mass is 10.0. The minimum atomic E-state index is -1.70. The highest BCUT2D eigenvalue weighted by molar-refractivity contribution is 5.97. The summed E-state index contributed by atoms with van der Waals surface area (Å²) >= 11 is 0. The topological polar surface area (TPSA) is 295 Å². The van der Waals surface area contributed by atoms with Gasteiger partial charge in [-0.05, 0) is 38.1 Å². The van der Waals surface area contributed by atoms with Gasteiger partial charge in [-0.15, -0.1) is 0 Å². The minimum absolute atomic E-state index is 0.0581. The second-order valence-corrected chi connectivity index (χ2v) is 10.2. The number of carboxylic acids is 1. The van der Waals surface area contributed by atoms with Crippen molar-refractivity contribution in [2.24, 2.45) is 23.1 Å². The molecule has 12 N–H and O–H groups in total. The van der Waals surface area contributed by atoms with E-state index in [1.807, 2.05) is 0 Å². The molecule has 0 spiro atoms. The van der Waals surface area contributed by atoms with Crippen molar-refractivity contribution >= 4 is 47.3 Å². The van der Waals surface area contributed by atoms with Crippen LogP contribution in [0.25, 0.3) is 0 Å². The maximum Gasteiger partial charge on any atom is 0.326 e. The molecule has 0 radical (unpaired) electrons. The fourth-order valence-corrected chi connectivity index (χ4v) is 4.07. The average Bonchev–Trinajstić information content (AvgIpc) is 3.39. The van der Waals surface area contributed by atoms with E-state index in [-0.39, 0.29) is 25.2 Å². The smallest absolute Gasteiger partial charge is 0.326 e. The molecule has 0 aromatic heterocycles. The number of carbonyl (C=O) groups excluding carboxylic acids is 7. The van der Waals surface area contributed by atoms with E-state index in [0.717, 1.165) is 6.42 Å². The van der Waals surface area contributed by atoms with Crippen LogP contribution in [0.5, 0.6) is 0 Å². The number of nitrogens with two attached hydrogens (primary N) is 3. The lowest BCUT2D eigenvalue weighted by Gasteiger charge is -2.27. The van der Waals surface area contributed by atoms with Crippen molar-refractivity contribution in [1.82, 2.24) is 26.6 Å². The van der Waals surface area contributed by atoms with Gasteiger partial charge in [0.05, 0.1) is 18.9 Å². The van der Waals surface area contributed by atoms with Crippen molar-refractivity contribution in [3.05, 3.63) is 0 Å². The van der Waals surface area contributed by atoms with Gasteiger partial charge in [0.25, 0.3) is 0 Å². The van der Waals surface area contributed by atoms with Gasteiger partial charge in [0.1, 0.15) is 24.2 Å². The van der Waals surface area contributed by atoms with E-state index in [0.29, 0.717) is 13.0 Å². The Kier molecular flexibility index (Phi) is 14.2. The first-order valence-corrected chi connectivity index (χ1v) is 13.1. The van der Waals surface area contributed by atoms with Gasteiger partial charge in [-0.1, -0.05) is 13.8 Å². The molecule has 0 saturated carbocycles. The summed E-state index contributed by atoms with van der Waals surface area (Å²) in [6.45, 7) is 4.11. The highest BCUT2D eigenvalue weighted by Gasteiger charge is 2.33. The van der Waals surface area contributed by atoms with E-state index in [1.165, 1.54) is 0 Å². The Morgan fingerprint density at radius 1 is 0.756 bits per heavy atom. The zero-order chi connectivity index (χ0) is 31.3. The zero-order valence-electron chi connectivity index (χ0n) is 23.1. The summed E-state index contributed by atoms with van der Waals surface area (Å²) in [5, 5.41) is 21.7. The number of amides is 7. The van der Waals surface area contributed by atoms with Crippen molar-refractivity contribution in [2.45, 2.75) is 89.0 Å². The van der Waals surface area contributed by atoms with E-state index in [9.17, 15) is 43.5 Å². The third kappa shape index (κ3) is 13.1. The normalized spacial score (nSPS) is 17.4. The molecule has 7 amide bonds. The van der Waals surface area contributed by atoms with Crippen LogP contribution in [0.2, 0.25) is 0 Å². The molecular weight excluding hydrogens is 544 g/mol. The Balaban J connectivity index is 3.11. The quantitative estimate of drug-likeness (QED) is 0.0748. The first kappa shape index (κ1) is 34.7. The van der Waals surface area contributed by atoms with Crippen LogP contribution in [0.4, 0.5) is 0 Å². The van der Waals surface area contributed by atoms with E-state index < -0.39 is 90.4 Å². The monoisotopic (exact) mass is 584 g/mol. The maximum atomic E-state index is 13.2. The summed E-state index contributed by atoms with van der Waals surface area (Å²) in [7, 11) is 0. The van der Waals surface area contributed by atoms with Crippen LogP contribution in [0.1, 0.15) is 58.8 Å². The molecule has 1 fully saturated rings. The fourth-order valence-electron chi connectivity index (χ4n) is 4.07. The fraction of sp³-hybridized carbons (Fsp3) is 0.667. The summed E-state index contributed by atoms with van der Waals surface area (Å²) in [5.41, 5.74) is 15.5. The number of carboxylic acid groups (broad SMARTS) is 1. The van der Waals surface area contributed by atoms with Crippen molar-refractivity contribution in [3.8, 4) is 0 Å². The van der Waals surface area contributed by atoms with Gasteiger partial charge in [0.2, 0.25) is 41.4 Å². The molecule has 17 heteroatoms. The molecular formula is C24H40N8O9. The van der Waals surface area contributed by atoms with Gasteiger partial charge >= 0.3 is 5.97 Å². The average molecular weight is 585 g/mol. The molecule has 41 heavy (non-hydrogen) atoms. The number of hydrogen-bond acceptors (Lipinski definition) is 9. The van der Waals surface area contributed by atoms with Crippen molar-refractivity contribution in [1.29, 1.82) is 0 Å². The molecule has 1 rings (SSSR count). The van der Waals surface area contributed by atoms with E-state index in [2.05, 4.69) is 26.6 Å².